The molecule has 0 saturated heterocycles. The van der Waals surface area contributed by atoms with Crippen molar-refractivity contribution in [3.8, 4) is 61.8 Å². The van der Waals surface area contributed by atoms with Crippen molar-refractivity contribution in [2.75, 3.05) is 0 Å². The molecule has 0 saturated carbocycles. The maximum atomic E-state index is 14.9. The molecule has 2 aliphatic heterocycles. The van der Waals surface area contributed by atoms with E-state index in [0.29, 0.717) is 33.7 Å². The van der Waals surface area contributed by atoms with Gasteiger partial charge in [-0.25, -0.2) is 9.97 Å². The standard InChI is InChI=1S/C58H38N4O8/c1-31(63)68-38-29-40-56(50(30-38)70-33(3)65)58(67)55-39(57(40)66)27-37(28-49(55)69-32(2)64)54-47-25-23-45(61-47)52(35-15-9-5-10-16-35)43-21-19-41(59-43)51(34-13-7-4-8-14-34)42-20-22-44(60-42)53(36-17-11-6-12-18-36)46-24-26-48(54)62-46/h4-30,59,62H,1-3H3. The highest BCUT2D eigenvalue weighted by molar-refractivity contribution is 6.31. The van der Waals surface area contributed by atoms with Gasteiger partial charge in [0.2, 0.25) is 5.78 Å². The van der Waals surface area contributed by atoms with Gasteiger partial charge in [-0.05, 0) is 89.0 Å². The van der Waals surface area contributed by atoms with Crippen LogP contribution in [0.1, 0.15) is 75.4 Å². The summed E-state index contributed by atoms with van der Waals surface area (Å²) in [6.07, 6.45) is 7.85. The molecule has 0 amide bonds. The summed E-state index contributed by atoms with van der Waals surface area (Å²) >= 11 is 0. The first-order valence-electron chi connectivity index (χ1n) is 22.3. The maximum absolute atomic E-state index is 14.9. The van der Waals surface area contributed by atoms with E-state index in [1.807, 2.05) is 121 Å². The Morgan fingerprint density at radius 3 is 1.13 bits per heavy atom. The zero-order valence-electron chi connectivity index (χ0n) is 37.7. The quantitative estimate of drug-likeness (QED) is 0.116. The number of aromatic amines is 2. The summed E-state index contributed by atoms with van der Waals surface area (Å²) in [5.41, 5.74) is 11.0. The number of carbonyl (C=O) groups excluding carboxylic acids is 5. The van der Waals surface area contributed by atoms with Gasteiger partial charge in [-0.1, -0.05) is 91.0 Å². The van der Waals surface area contributed by atoms with Crippen LogP contribution in [-0.4, -0.2) is 49.4 Å². The third-order valence-electron chi connectivity index (χ3n) is 12.1. The van der Waals surface area contributed by atoms with E-state index in [-0.39, 0.29) is 39.5 Å². The van der Waals surface area contributed by atoms with Crippen LogP contribution in [0.15, 0.2) is 140 Å². The topological polar surface area (TPSA) is 170 Å². The number of aromatic nitrogens is 4. The van der Waals surface area contributed by atoms with Gasteiger partial charge in [0.15, 0.2) is 5.78 Å². The van der Waals surface area contributed by atoms with E-state index in [1.54, 1.807) is 6.07 Å². The number of benzene rings is 5. The number of esters is 3. The monoisotopic (exact) mass is 918 g/mol. The molecule has 8 bridgehead atoms. The highest BCUT2D eigenvalue weighted by Gasteiger charge is 2.38. The van der Waals surface area contributed by atoms with E-state index in [2.05, 4.69) is 28.2 Å². The molecule has 3 aromatic heterocycles. The summed E-state index contributed by atoms with van der Waals surface area (Å²) in [5, 5.41) is 0. The lowest BCUT2D eigenvalue weighted by Gasteiger charge is -2.23. The van der Waals surface area contributed by atoms with Gasteiger partial charge in [-0.2, -0.15) is 0 Å². The Morgan fingerprint density at radius 2 is 0.743 bits per heavy atom. The van der Waals surface area contributed by atoms with Crippen molar-refractivity contribution < 1.29 is 38.2 Å². The molecule has 12 nitrogen and oxygen atoms in total. The van der Waals surface area contributed by atoms with Crippen LogP contribution in [0.4, 0.5) is 0 Å². The fourth-order valence-corrected chi connectivity index (χ4v) is 9.38. The number of carbonyl (C=O) groups is 5. The molecule has 0 unspecified atom stereocenters. The lowest BCUT2D eigenvalue weighted by atomic mass is 9.81. The van der Waals surface area contributed by atoms with Crippen LogP contribution in [0.25, 0.3) is 90.9 Å². The lowest BCUT2D eigenvalue weighted by molar-refractivity contribution is -0.133. The van der Waals surface area contributed by atoms with E-state index < -0.39 is 29.5 Å². The molecule has 3 aliphatic rings. The van der Waals surface area contributed by atoms with Gasteiger partial charge < -0.3 is 24.2 Å². The number of nitrogens with one attached hydrogen (secondary N) is 2. The van der Waals surface area contributed by atoms with E-state index in [9.17, 15) is 24.0 Å². The minimum absolute atomic E-state index is 0.107. The van der Waals surface area contributed by atoms with Crippen LogP contribution in [0, 0.1) is 0 Å². The molecule has 1 aliphatic carbocycles. The van der Waals surface area contributed by atoms with Crippen molar-refractivity contribution >= 4 is 75.8 Å². The predicted octanol–water partition coefficient (Wildman–Crippen LogP) is 11.9. The van der Waals surface area contributed by atoms with Crippen LogP contribution in [-0.2, 0) is 14.4 Å². The summed E-state index contributed by atoms with van der Waals surface area (Å²) < 4.78 is 16.6. The van der Waals surface area contributed by atoms with Gasteiger partial charge >= 0.3 is 17.9 Å². The van der Waals surface area contributed by atoms with Crippen LogP contribution in [0.5, 0.6) is 17.2 Å². The zero-order valence-corrected chi connectivity index (χ0v) is 37.7. The second-order valence-electron chi connectivity index (χ2n) is 16.8. The Labute approximate surface area is 399 Å². The number of hydrogen-bond acceptors (Lipinski definition) is 10. The fourth-order valence-electron chi connectivity index (χ4n) is 9.38. The van der Waals surface area contributed by atoms with Crippen molar-refractivity contribution in [2.24, 2.45) is 0 Å². The van der Waals surface area contributed by atoms with Crippen molar-refractivity contribution in [1.82, 2.24) is 19.9 Å². The van der Waals surface area contributed by atoms with Crippen molar-refractivity contribution in [2.45, 2.75) is 20.8 Å². The van der Waals surface area contributed by atoms with Gasteiger partial charge in [-0.15, -0.1) is 0 Å². The Hall–Kier alpha value is -9.55. The third kappa shape index (κ3) is 7.68. The molecule has 0 fully saturated rings. The number of nitrogens with zero attached hydrogens (tertiary/aromatic N) is 2. The first kappa shape index (κ1) is 43.0. The van der Waals surface area contributed by atoms with Crippen LogP contribution >= 0.6 is 0 Å². The number of fused-ring (bicyclic) bond motifs is 10. The Kier molecular flexibility index (Phi) is 10.6. The predicted molar refractivity (Wildman–Crippen MR) is 268 cm³/mol. The number of ether oxygens (including phenoxy) is 3. The summed E-state index contributed by atoms with van der Waals surface area (Å²) in [4.78, 5) is 85.0. The second kappa shape index (κ2) is 17.3. The zero-order chi connectivity index (χ0) is 48.2. The smallest absolute Gasteiger partial charge is 0.308 e. The first-order valence-corrected chi connectivity index (χ1v) is 22.3. The lowest BCUT2D eigenvalue weighted by Crippen LogP contribution is -2.24. The molecule has 8 aromatic rings. The molecule has 5 heterocycles. The van der Waals surface area contributed by atoms with Gasteiger partial charge in [0.1, 0.15) is 17.2 Å². The fraction of sp³-hybridized carbons (Fsp3) is 0.0517. The molecular formula is C58H38N4O8. The third-order valence-corrected chi connectivity index (χ3v) is 12.1. The highest BCUT2D eigenvalue weighted by atomic mass is 16.5. The number of hydrogen-bond donors (Lipinski definition) is 2. The van der Waals surface area contributed by atoms with Gasteiger partial charge in [-0.3, -0.25) is 24.0 Å². The second-order valence-corrected chi connectivity index (χ2v) is 16.8. The molecule has 70 heavy (non-hydrogen) atoms. The summed E-state index contributed by atoms with van der Waals surface area (Å²) in [6.45, 7) is 3.50. The van der Waals surface area contributed by atoms with Crippen LogP contribution < -0.4 is 14.2 Å². The summed E-state index contributed by atoms with van der Waals surface area (Å²) in [6, 6.07) is 43.5. The Morgan fingerprint density at radius 1 is 0.386 bits per heavy atom. The Bertz CT molecular complexity index is 3770. The molecule has 2 N–H and O–H groups in total. The minimum Gasteiger partial charge on any atom is -0.427 e. The Balaban J connectivity index is 1.25. The van der Waals surface area contributed by atoms with Crippen LogP contribution in [0.3, 0.4) is 0 Å². The first-order chi connectivity index (χ1) is 34.0. The molecule has 5 aromatic carbocycles. The number of rotatable bonds is 7. The van der Waals surface area contributed by atoms with Crippen molar-refractivity contribution in [1.29, 1.82) is 0 Å². The molecule has 12 heteroatoms. The summed E-state index contributed by atoms with van der Waals surface area (Å²) in [5.74, 6) is -4.28. The van der Waals surface area contributed by atoms with E-state index in [4.69, 9.17) is 24.2 Å². The van der Waals surface area contributed by atoms with Crippen molar-refractivity contribution in [3.05, 3.63) is 185 Å². The van der Waals surface area contributed by atoms with Gasteiger partial charge in [0, 0.05) is 82.3 Å². The molecule has 0 radical (unpaired) electrons. The summed E-state index contributed by atoms with van der Waals surface area (Å²) in [7, 11) is 0. The average molecular weight is 919 g/mol. The largest absolute Gasteiger partial charge is 0.427 e. The number of ketones is 2. The highest BCUT2D eigenvalue weighted by Crippen LogP contribution is 2.44. The normalized spacial score (nSPS) is 12.3. The van der Waals surface area contributed by atoms with Crippen molar-refractivity contribution in [3.63, 3.8) is 0 Å². The minimum atomic E-state index is -0.783. The van der Waals surface area contributed by atoms with Crippen LogP contribution in [0.2, 0.25) is 0 Å². The van der Waals surface area contributed by atoms with Gasteiger partial charge in [0.05, 0.1) is 33.9 Å². The average Bonchev–Trinajstić information content (AvgIpc) is 4.20. The maximum Gasteiger partial charge on any atom is 0.308 e. The van der Waals surface area contributed by atoms with E-state index in [0.717, 1.165) is 62.5 Å². The molecule has 0 atom stereocenters. The number of H-pyrrole nitrogens is 2. The molecular weight excluding hydrogens is 881 g/mol. The molecule has 0 spiro atoms. The molecule has 338 valence electrons. The molecule has 11 rings (SSSR count). The van der Waals surface area contributed by atoms with Gasteiger partial charge in [0.25, 0.3) is 0 Å². The SMILES string of the molecule is CC(=O)Oc1cc(OC(C)=O)c2c(c1)C(=O)c1cc(-c3c4nc(c(-c5ccccc5)c5ccc([nH]5)c(-c5ccccc5)c5nc(c(-c6ccccc6)c6ccc3[nH]6)C=C5)C=C4)cc(OC(C)=O)c1C2=O. The van der Waals surface area contributed by atoms with E-state index in [1.165, 1.54) is 32.0 Å². The van der Waals surface area contributed by atoms with E-state index >= 15 is 0 Å².